The van der Waals surface area contributed by atoms with Gasteiger partial charge in [0.15, 0.2) is 14.3 Å². The van der Waals surface area contributed by atoms with Gasteiger partial charge in [-0.1, -0.05) is 121 Å². The Kier molecular flexibility index (Phi) is 7.64. The Hall–Kier alpha value is -5.22. The molecule has 0 saturated carbocycles. The van der Waals surface area contributed by atoms with Crippen LogP contribution in [0, 0.1) is 0 Å². The van der Waals surface area contributed by atoms with E-state index in [4.69, 9.17) is 4.42 Å². The second-order valence-corrected chi connectivity index (χ2v) is 15.7. The zero-order chi connectivity index (χ0) is 30.7. The van der Waals surface area contributed by atoms with E-state index < -0.39 is 14.3 Å². The van der Waals surface area contributed by atoms with Crippen LogP contribution >= 0.6 is 14.3 Å². The molecule has 45 heavy (non-hydrogen) atoms. The van der Waals surface area contributed by atoms with Crippen molar-refractivity contribution in [3.63, 3.8) is 0 Å². The van der Waals surface area contributed by atoms with Crippen LogP contribution in [0.15, 0.2) is 162 Å². The number of hydrogen-bond acceptors (Lipinski definition) is 7. The van der Waals surface area contributed by atoms with Crippen molar-refractivity contribution in [3.8, 4) is 22.9 Å². The predicted molar refractivity (Wildman–Crippen MR) is 180 cm³/mol. The van der Waals surface area contributed by atoms with Gasteiger partial charge >= 0.3 is 0 Å². The van der Waals surface area contributed by atoms with E-state index in [0.717, 1.165) is 0 Å². The Morgan fingerprint density at radius 2 is 0.711 bits per heavy atom. The van der Waals surface area contributed by atoms with Gasteiger partial charge in [0.1, 0.15) is 10.9 Å². The molecule has 7 rings (SSSR count). The van der Waals surface area contributed by atoms with Gasteiger partial charge in [-0.05, 0) is 24.3 Å². The van der Waals surface area contributed by atoms with Crippen molar-refractivity contribution in [1.29, 1.82) is 0 Å². The maximum absolute atomic E-state index is 14.6. The molecule has 0 bridgehead atoms. The highest BCUT2D eigenvalue weighted by Gasteiger charge is 2.32. The lowest BCUT2D eigenvalue weighted by atomic mass is 10.3. The Labute approximate surface area is 260 Å². The first-order valence-corrected chi connectivity index (χ1v) is 17.7. The normalized spacial score (nSPS) is 11.7. The summed E-state index contributed by atoms with van der Waals surface area (Å²) in [5.41, 5.74) is 2.11. The second-order valence-electron chi connectivity index (χ2n) is 10.3. The third-order valence-corrected chi connectivity index (χ3v) is 13.5. The van der Waals surface area contributed by atoms with Crippen molar-refractivity contribution in [2.24, 2.45) is 0 Å². The summed E-state index contributed by atoms with van der Waals surface area (Å²) in [4.78, 5) is 9.25. The lowest BCUT2D eigenvalue weighted by Crippen LogP contribution is -2.26. The van der Waals surface area contributed by atoms with Gasteiger partial charge in [0, 0.05) is 33.6 Å². The molecule has 3 aromatic heterocycles. The highest BCUT2D eigenvalue weighted by atomic mass is 31.2. The summed E-state index contributed by atoms with van der Waals surface area (Å²) in [5, 5.41) is 11.3. The average Bonchev–Trinajstić information content (AvgIpc) is 3.63. The lowest BCUT2D eigenvalue weighted by Gasteiger charge is -2.19. The smallest absolute Gasteiger partial charge is 0.249 e. The number of hydrogen-bond donors (Lipinski definition) is 0. The fourth-order valence-corrected chi connectivity index (χ4v) is 10.3. The molecule has 0 spiro atoms. The van der Waals surface area contributed by atoms with Gasteiger partial charge in [-0.2, -0.15) is 0 Å². The first kappa shape index (κ1) is 28.5. The highest BCUT2D eigenvalue weighted by Crippen LogP contribution is 2.43. The summed E-state index contributed by atoms with van der Waals surface area (Å²) in [6.07, 6.45) is 3.20. The molecule has 0 aliphatic heterocycles. The van der Waals surface area contributed by atoms with Crippen LogP contribution < -0.4 is 32.1 Å². The van der Waals surface area contributed by atoms with Crippen LogP contribution in [0.5, 0.6) is 0 Å². The van der Waals surface area contributed by atoms with E-state index >= 15 is 0 Å². The fourth-order valence-electron chi connectivity index (χ4n) is 5.23. The maximum atomic E-state index is 14.6. The second kappa shape index (κ2) is 12.0. The zero-order valence-electron chi connectivity index (χ0n) is 23.9. The molecule has 7 aromatic rings. The molecule has 0 aliphatic rings. The van der Waals surface area contributed by atoms with E-state index in [1.165, 1.54) is 0 Å². The van der Waals surface area contributed by atoms with Gasteiger partial charge < -0.3 is 13.5 Å². The molecule has 0 N–H and O–H groups in total. The third kappa shape index (κ3) is 5.27. The molecule has 9 heteroatoms. The first-order valence-electron chi connectivity index (χ1n) is 14.3. The summed E-state index contributed by atoms with van der Waals surface area (Å²) in [5.74, 6) is 0.531. The Morgan fingerprint density at radius 1 is 0.400 bits per heavy atom. The van der Waals surface area contributed by atoms with Gasteiger partial charge in [0.2, 0.25) is 11.8 Å². The van der Waals surface area contributed by atoms with Gasteiger partial charge in [0.25, 0.3) is 0 Å². The zero-order valence-corrected chi connectivity index (χ0v) is 25.7. The van der Waals surface area contributed by atoms with Gasteiger partial charge in [0.05, 0.1) is 11.1 Å². The third-order valence-electron chi connectivity index (χ3n) is 7.54. The minimum absolute atomic E-state index is 0.265. The van der Waals surface area contributed by atoms with Gasteiger partial charge in [-0.25, -0.2) is 0 Å². The number of benzene rings is 4. The Bertz CT molecular complexity index is 1900. The van der Waals surface area contributed by atoms with Crippen molar-refractivity contribution < 1.29 is 13.5 Å². The van der Waals surface area contributed by atoms with Gasteiger partial charge in [-0.3, -0.25) is 9.97 Å². The largest absolute Gasteiger partial charge is 0.416 e. The number of nitrogens with zero attached hydrogens (tertiary/aromatic N) is 4. The van der Waals surface area contributed by atoms with Crippen molar-refractivity contribution in [3.05, 3.63) is 158 Å². The molecule has 4 aromatic carbocycles. The molecule has 3 heterocycles. The van der Waals surface area contributed by atoms with E-state index in [9.17, 15) is 9.13 Å². The Balaban J connectivity index is 1.19. The van der Waals surface area contributed by atoms with Crippen LogP contribution in [0.3, 0.4) is 0 Å². The average molecular weight is 625 g/mol. The van der Waals surface area contributed by atoms with Crippen LogP contribution in [0.1, 0.15) is 0 Å². The summed E-state index contributed by atoms with van der Waals surface area (Å²) in [6, 6.07) is 44.6. The molecular weight excluding hydrogens is 598 g/mol. The maximum Gasteiger partial charge on any atom is 0.249 e. The summed E-state index contributed by atoms with van der Waals surface area (Å²) in [6.45, 7) is 0. The fraction of sp³-hybridized carbons (Fsp3) is 0. The van der Waals surface area contributed by atoms with E-state index in [1.807, 2.05) is 121 Å². The number of aromatic nitrogens is 4. The molecule has 0 amide bonds. The monoisotopic (exact) mass is 624 g/mol. The SMILES string of the molecule is O=P(c1ccccc1)(c1ccccc1)c1ccc(-c2nnc(-c3ccc(P(=O)(c4ccccc4)c4ccccc4)nc3)o2)cn1. The topological polar surface area (TPSA) is 98.8 Å². The van der Waals surface area contributed by atoms with E-state index in [1.54, 1.807) is 36.7 Å². The molecule has 0 atom stereocenters. The minimum atomic E-state index is -3.20. The van der Waals surface area contributed by atoms with Crippen molar-refractivity contribution in [2.75, 3.05) is 0 Å². The number of pyridine rings is 2. The van der Waals surface area contributed by atoms with Gasteiger partial charge in [-0.15, -0.1) is 10.2 Å². The first-order chi connectivity index (χ1) is 22.1. The van der Waals surface area contributed by atoms with Crippen LogP contribution in [0.4, 0.5) is 0 Å². The predicted octanol–water partition coefficient (Wildman–Crippen LogP) is 5.47. The number of rotatable bonds is 8. The molecule has 0 aliphatic carbocycles. The quantitative estimate of drug-likeness (QED) is 0.207. The molecular formula is C36H26N4O3P2. The van der Waals surface area contributed by atoms with E-state index in [0.29, 0.717) is 43.2 Å². The Morgan fingerprint density at radius 3 is 0.978 bits per heavy atom. The lowest BCUT2D eigenvalue weighted by molar-refractivity contribution is 0.583. The van der Waals surface area contributed by atoms with Crippen LogP contribution in [0.2, 0.25) is 0 Å². The summed E-state index contributed by atoms with van der Waals surface area (Å²) < 4.78 is 35.2. The molecule has 0 unspecified atom stereocenters. The van der Waals surface area contributed by atoms with Crippen LogP contribution in [-0.2, 0) is 9.13 Å². The van der Waals surface area contributed by atoms with E-state index in [2.05, 4.69) is 20.2 Å². The van der Waals surface area contributed by atoms with Crippen molar-refractivity contribution >= 4 is 46.4 Å². The van der Waals surface area contributed by atoms with Crippen molar-refractivity contribution in [1.82, 2.24) is 20.2 Å². The van der Waals surface area contributed by atoms with Crippen LogP contribution in [-0.4, -0.2) is 20.2 Å². The molecule has 0 saturated heterocycles. The minimum Gasteiger partial charge on any atom is -0.416 e. The molecule has 218 valence electrons. The summed E-state index contributed by atoms with van der Waals surface area (Å²) in [7, 11) is -6.41. The highest BCUT2D eigenvalue weighted by molar-refractivity contribution is 7.85. The van der Waals surface area contributed by atoms with Crippen molar-refractivity contribution in [2.45, 2.75) is 0 Å². The molecule has 7 nitrogen and oxygen atoms in total. The molecule has 0 fully saturated rings. The molecule has 0 radical (unpaired) electrons. The standard InChI is InChI=1S/C36H26N4O3P2/c41-44(29-13-5-1-6-14-29,30-15-7-2-8-16-30)33-23-21-27(25-37-33)35-39-40-36(43-35)28-22-24-34(38-26-28)45(42,31-17-9-3-10-18-31)32-19-11-4-12-20-32/h1-26H. The van der Waals surface area contributed by atoms with Crippen LogP contribution in [0.25, 0.3) is 22.9 Å². The summed E-state index contributed by atoms with van der Waals surface area (Å²) >= 11 is 0. The van der Waals surface area contributed by atoms with E-state index in [-0.39, 0.29) is 11.8 Å².